The molecule has 6 heteroatoms. The van der Waals surface area contributed by atoms with E-state index in [1.54, 1.807) is 7.05 Å². The average Bonchev–Trinajstić information content (AvgIpc) is 2.91. The molecule has 1 amide bonds. The van der Waals surface area contributed by atoms with E-state index in [2.05, 4.69) is 16.8 Å². The van der Waals surface area contributed by atoms with Crippen molar-refractivity contribution < 1.29 is 14.3 Å². The maximum Gasteiger partial charge on any atom is 0.255 e. The molecule has 0 spiro atoms. The molecule has 1 N–H and O–H groups in total. The van der Waals surface area contributed by atoms with Gasteiger partial charge in [0.05, 0.1) is 16.6 Å². The van der Waals surface area contributed by atoms with Gasteiger partial charge in [-0.2, -0.15) is 0 Å². The molecule has 108 valence electrons. The number of aromatic nitrogens is 1. The summed E-state index contributed by atoms with van der Waals surface area (Å²) in [6.45, 7) is 0.213. The highest BCUT2D eigenvalue weighted by Gasteiger charge is 2.13. The van der Waals surface area contributed by atoms with Crippen LogP contribution in [0.4, 0.5) is 4.39 Å². The van der Waals surface area contributed by atoms with E-state index >= 15 is 0 Å². The second-order valence-corrected chi connectivity index (χ2v) is 5.24. The maximum atomic E-state index is 13.1. The molecule has 0 radical (unpaired) electrons. The van der Waals surface area contributed by atoms with Gasteiger partial charge in [0.1, 0.15) is 12.4 Å². The Morgan fingerprint density at radius 1 is 1.48 bits per heavy atom. The first-order valence-electron chi connectivity index (χ1n) is 6.13. The predicted octanol–water partition coefficient (Wildman–Crippen LogP) is 1.90. The molecule has 2 aromatic rings. The molecule has 4 nitrogen and oxygen atoms in total. The summed E-state index contributed by atoms with van der Waals surface area (Å²) in [5.41, 5.74) is 1.15. The van der Waals surface area contributed by atoms with Gasteiger partial charge in [-0.05, 0) is 23.1 Å². The summed E-state index contributed by atoms with van der Waals surface area (Å²) in [6, 6.07) is 3.03. The van der Waals surface area contributed by atoms with Crippen LogP contribution in [0, 0.1) is 17.7 Å². The summed E-state index contributed by atoms with van der Waals surface area (Å²) < 4.78 is 13.1. The number of hydrogen-bond acceptors (Lipinski definition) is 4. The third kappa shape index (κ3) is 4.12. The molecule has 0 bridgehead atoms. The van der Waals surface area contributed by atoms with Crippen LogP contribution in [0.2, 0.25) is 0 Å². The van der Waals surface area contributed by atoms with Crippen molar-refractivity contribution in [1.29, 1.82) is 0 Å². The molecule has 0 unspecified atom stereocenters. The summed E-state index contributed by atoms with van der Waals surface area (Å²) in [7, 11) is 1.64. The Morgan fingerprint density at radius 2 is 2.29 bits per heavy atom. The molecule has 0 aromatic carbocycles. The zero-order chi connectivity index (χ0) is 15.2. The monoisotopic (exact) mass is 304 g/mol. The van der Waals surface area contributed by atoms with Gasteiger partial charge >= 0.3 is 0 Å². The topological polar surface area (TPSA) is 53.4 Å². The molecule has 2 rings (SSSR count). The number of carbonyl (C=O) groups is 1. The van der Waals surface area contributed by atoms with E-state index in [9.17, 15) is 9.18 Å². The molecule has 0 aliphatic carbocycles. The lowest BCUT2D eigenvalue weighted by Gasteiger charge is -2.16. The Morgan fingerprint density at radius 3 is 3.00 bits per heavy atom. The minimum Gasteiger partial charge on any atom is -0.384 e. The van der Waals surface area contributed by atoms with Crippen LogP contribution in [0.25, 0.3) is 0 Å². The van der Waals surface area contributed by atoms with Crippen molar-refractivity contribution in [2.24, 2.45) is 0 Å². The van der Waals surface area contributed by atoms with Gasteiger partial charge in [-0.1, -0.05) is 11.8 Å². The van der Waals surface area contributed by atoms with Crippen LogP contribution in [0.5, 0.6) is 0 Å². The van der Waals surface area contributed by atoms with Crippen molar-refractivity contribution in [3.63, 3.8) is 0 Å². The molecule has 0 saturated carbocycles. The fourth-order valence-electron chi connectivity index (χ4n) is 1.75. The molecule has 0 aliphatic rings. The molecule has 0 atom stereocenters. The molecule has 0 fully saturated rings. The highest BCUT2D eigenvalue weighted by Crippen LogP contribution is 2.16. The number of hydrogen-bond donors (Lipinski definition) is 1. The summed E-state index contributed by atoms with van der Waals surface area (Å²) in [5, 5.41) is 10.5. The van der Waals surface area contributed by atoms with Crippen LogP contribution in [0.1, 0.15) is 20.8 Å². The summed E-state index contributed by atoms with van der Waals surface area (Å²) in [4.78, 5) is 18.1. The highest BCUT2D eigenvalue weighted by molar-refractivity contribution is 7.10. The lowest BCUT2D eigenvalue weighted by Crippen LogP contribution is -2.26. The van der Waals surface area contributed by atoms with E-state index in [1.807, 2.05) is 11.4 Å². The first kappa shape index (κ1) is 15.2. The number of aliphatic hydroxyl groups excluding tert-OH is 1. The van der Waals surface area contributed by atoms with Crippen molar-refractivity contribution in [2.75, 3.05) is 13.7 Å². The van der Waals surface area contributed by atoms with Gasteiger partial charge < -0.3 is 10.0 Å². The maximum absolute atomic E-state index is 13.1. The first-order chi connectivity index (χ1) is 10.1. The first-order valence-corrected chi connectivity index (χ1v) is 7.01. The second-order valence-electron chi connectivity index (χ2n) is 4.33. The normalized spacial score (nSPS) is 9.86. The largest absolute Gasteiger partial charge is 0.384 e. The minimum atomic E-state index is -0.536. The Kier molecular flexibility index (Phi) is 5.04. The van der Waals surface area contributed by atoms with Crippen LogP contribution >= 0.6 is 11.3 Å². The average molecular weight is 304 g/mol. The van der Waals surface area contributed by atoms with E-state index in [0.29, 0.717) is 6.54 Å². The highest BCUT2D eigenvalue weighted by atomic mass is 32.1. The van der Waals surface area contributed by atoms with Crippen molar-refractivity contribution in [3.8, 4) is 11.8 Å². The van der Waals surface area contributed by atoms with Gasteiger partial charge in [0.15, 0.2) is 0 Å². The Labute approximate surface area is 125 Å². The zero-order valence-electron chi connectivity index (χ0n) is 11.3. The standard InChI is InChI=1S/C15H13FN2O2S/c1-18(15(20)12-6-13(16)8-17-7-12)9-11-5-14(21-10-11)3-2-4-19/h5-8,10,19H,4,9H2,1H3. The van der Waals surface area contributed by atoms with E-state index in [1.165, 1.54) is 22.4 Å². The van der Waals surface area contributed by atoms with E-state index in [0.717, 1.165) is 22.7 Å². The number of aliphatic hydroxyl groups is 1. The van der Waals surface area contributed by atoms with Crippen LogP contribution in [-0.2, 0) is 6.54 Å². The lowest BCUT2D eigenvalue weighted by atomic mass is 10.2. The molecule has 2 heterocycles. The summed E-state index contributed by atoms with van der Waals surface area (Å²) >= 11 is 1.45. The van der Waals surface area contributed by atoms with Crippen molar-refractivity contribution >= 4 is 17.2 Å². The van der Waals surface area contributed by atoms with Crippen molar-refractivity contribution in [2.45, 2.75) is 6.54 Å². The molecule has 0 aliphatic heterocycles. The van der Waals surface area contributed by atoms with Crippen LogP contribution in [0.15, 0.2) is 29.9 Å². The number of nitrogens with zero attached hydrogens (tertiary/aromatic N) is 2. The molecule has 21 heavy (non-hydrogen) atoms. The van der Waals surface area contributed by atoms with Crippen molar-refractivity contribution in [1.82, 2.24) is 9.88 Å². The minimum absolute atomic E-state index is 0.182. The van der Waals surface area contributed by atoms with Crippen molar-refractivity contribution in [3.05, 3.63) is 51.7 Å². The van der Waals surface area contributed by atoms with E-state index in [-0.39, 0.29) is 18.1 Å². The number of carbonyl (C=O) groups excluding carboxylic acids is 1. The molecule has 2 aromatic heterocycles. The van der Waals surface area contributed by atoms with E-state index in [4.69, 9.17) is 5.11 Å². The van der Waals surface area contributed by atoms with Gasteiger partial charge in [-0.15, -0.1) is 11.3 Å². The fourth-order valence-corrected chi connectivity index (χ4v) is 2.52. The molecular formula is C15H13FN2O2S. The lowest BCUT2D eigenvalue weighted by molar-refractivity contribution is 0.0784. The Bertz CT molecular complexity index is 703. The number of rotatable bonds is 3. The van der Waals surface area contributed by atoms with Crippen LogP contribution in [0.3, 0.4) is 0 Å². The van der Waals surface area contributed by atoms with Crippen LogP contribution in [-0.4, -0.2) is 34.6 Å². The van der Waals surface area contributed by atoms with Crippen LogP contribution < -0.4 is 0 Å². The van der Waals surface area contributed by atoms with E-state index < -0.39 is 5.82 Å². The number of thiophene rings is 1. The van der Waals surface area contributed by atoms with Gasteiger partial charge in [0, 0.05) is 19.8 Å². The second kappa shape index (κ2) is 6.97. The summed E-state index contributed by atoms with van der Waals surface area (Å²) in [6.07, 6.45) is 2.40. The number of halogens is 1. The Balaban J connectivity index is 2.05. The van der Waals surface area contributed by atoms with Gasteiger partial charge in [-0.25, -0.2) is 4.39 Å². The predicted molar refractivity (Wildman–Crippen MR) is 78.3 cm³/mol. The number of pyridine rings is 1. The summed E-state index contributed by atoms with van der Waals surface area (Å²) in [5.74, 6) is 4.55. The SMILES string of the molecule is CN(Cc1csc(C#CCO)c1)C(=O)c1cncc(F)c1. The van der Waals surface area contributed by atoms with Gasteiger partial charge in [0.2, 0.25) is 0 Å². The quantitative estimate of drug-likeness (QED) is 0.881. The fraction of sp³-hybridized carbons (Fsp3) is 0.200. The smallest absolute Gasteiger partial charge is 0.255 e. The molecule has 0 saturated heterocycles. The Hall–Kier alpha value is -2.23. The zero-order valence-corrected chi connectivity index (χ0v) is 12.2. The number of amides is 1. The molecular weight excluding hydrogens is 291 g/mol. The van der Waals surface area contributed by atoms with Gasteiger partial charge in [-0.3, -0.25) is 9.78 Å². The third-order valence-electron chi connectivity index (χ3n) is 2.66. The van der Waals surface area contributed by atoms with Gasteiger partial charge in [0.25, 0.3) is 5.91 Å². The third-order valence-corrected chi connectivity index (χ3v) is 3.56.